The maximum Gasteiger partial charge on any atom is 0.265 e. The van der Waals surface area contributed by atoms with Gasteiger partial charge in [-0.2, -0.15) is 5.26 Å². The fraction of sp³-hybridized carbons (Fsp3) is 0.115. The summed E-state index contributed by atoms with van der Waals surface area (Å²) in [6.45, 7) is 0.122. The summed E-state index contributed by atoms with van der Waals surface area (Å²) in [5.74, 6) is -0.530. The highest BCUT2D eigenvalue weighted by atomic mass is 32.2. The first-order chi connectivity index (χ1) is 16.5. The lowest BCUT2D eigenvalue weighted by Gasteiger charge is -2.38. The number of sulfonamides is 1. The normalized spacial score (nSPS) is 18.5. The van der Waals surface area contributed by atoms with Crippen LogP contribution >= 0.6 is 0 Å². The average molecular weight is 472 g/mol. The Morgan fingerprint density at radius 2 is 1.71 bits per heavy atom. The third-order valence-electron chi connectivity index (χ3n) is 5.98. The Kier molecular flexibility index (Phi) is 5.27. The highest BCUT2D eigenvalue weighted by Gasteiger charge is 2.47. The summed E-state index contributed by atoms with van der Waals surface area (Å²) in [6.07, 6.45) is 0. The largest absolute Gasteiger partial charge is 0.496 e. The summed E-state index contributed by atoms with van der Waals surface area (Å²) >= 11 is 0. The molecule has 0 amide bonds. The molecule has 170 valence electrons. The first kappa shape index (κ1) is 21.6. The van der Waals surface area contributed by atoms with Crippen molar-refractivity contribution in [3.63, 3.8) is 0 Å². The van der Waals surface area contributed by atoms with Crippen molar-refractivity contribution in [2.45, 2.75) is 12.5 Å². The van der Waals surface area contributed by atoms with Crippen molar-refractivity contribution in [3.8, 4) is 11.8 Å². The number of anilines is 1. The van der Waals surface area contributed by atoms with Gasteiger partial charge in [-0.1, -0.05) is 60.7 Å². The second-order valence-corrected chi connectivity index (χ2v) is 9.71. The molecule has 34 heavy (non-hydrogen) atoms. The van der Waals surface area contributed by atoms with Crippen LogP contribution in [0.2, 0.25) is 0 Å². The third-order valence-corrected chi connectivity index (χ3v) is 7.86. The number of benzene rings is 3. The minimum atomic E-state index is -4.13. The van der Waals surface area contributed by atoms with Crippen LogP contribution in [0.3, 0.4) is 0 Å². The number of nitriles is 1. The molecule has 0 spiro atoms. The monoisotopic (exact) mass is 471 g/mol. The molecule has 3 aromatic carbocycles. The van der Waals surface area contributed by atoms with Crippen molar-refractivity contribution >= 4 is 21.5 Å². The Balaban J connectivity index is 1.79. The molecule has 0 aliphatic carbocycles. The van der Waals surface area contributed by atoms with Crippen molar-refractivity contribution in [2.75, 3.05) is 11.4 Å². The zero-order chi connectivity index (χ0) is 23.9. The van der Waals surface area contributed by atoms with Crippen LogP contribution in [0.4, 0.5) is 5.69 Å². The van der Waals surface area contributed by atoms with Gasteiger partial charge in [0.2, 0.25) is 5.88 Å². The SMILES string of the molecule is COc1ccccc1C1C(C#N)=C(N)OC2=C1S(=O)(=O)N(Cc1ccccc1)c1ccccc12. The summed E-state index contributed by atoms with van der Waals surface area (Å²) in [5.41, 5.74) is 8.60. The Bertz CT molecular complexity index is 1490. The van der Waals surface area contributed by atoms with Crippen LogP contribution in [0, 0.1) is 11.3 Å². The minimum absolute atomic E-state index is 0.0193. The molecule has 5 rings (SSSR count). The van der Waals surface area contributed by atoms with Gasteiger partial charge in [0.15, 0.2) is 5.76 Å². The standard InChI is InChI=1S/C26H21N3O4S/c1-32-22-14-8-6-12-19(22)23-20(15-27)26(28)33-24-18-11-5-7-13-21(18)29(34(30,31)25(23)24)16-17-9-3-2-4-10-17/h2-14,23H,16,28H2,1H3. The maximum absolute atomic E-state index is 14.2. The topological polar surface area (TPSA) is 106 Å². The highest BCUT2D eigenvalue weighted by molar-refractivity contribution is 7.96. The van der Waals surface area contributed by atoms with Crippen molar-refractivity contribution in [2.24, 2.45) is 5.73 Å². The minimum Gasteiger partial charge on any atom is -0.496 e. The van der Waals surface area contributed by atoms with Crippen LogP contribution in [0.1, 0.15) is 22.6 Å². The molecule has 1 unspecified atom stereocenters. The molecule has 2 N–H and O–H groups in total. The van der Waals surface area contributed by atoms with E-state index in [9.17, 15) is 13.7 Å². The van der Waals surface area contributed by atoms with Crippen LogP contribution in [-0.4, -0.2) is 15.5 Å². The number of methoxy groups -OCH3 is 1. The fourth-order valence-corrected chi connectivity index (χ4v) is 6.35. The van der Waals surface area contributed by atoms with Crippen molar-refractivity contribution in [3.05, 3.63) is 112 Å². The van der Waals surface area contributed by atoms with E-state index in [0.29, 0.717) is 22.6 Å². The Morgan fingerprint density at radius 1 is 1.03 bits per heavy atom. The number of nitrogens with two attached hydrogens (primary N) is 1. The Labute approximate surface area is 198 Å². The van der Waals surface area contributed by atoms with Crippen LogP contribution in [0.25, 0.3) is 5.76 Å². The van der Waals surface area contributed by atoms with Gasteiger partial charge in [0.1, 0.15) is 22.3 Å². The van der Waals surface area contributed by atoms with Gasteiger partial charge in [-0.15, -0.1) is 0 Å². The number of para-hydroxylation sites is 2. The summed E-state index contributed by atoms with van der Waals surface area (Å²) < 4.78 is 41.2. The van der Waals surface area contributed by atoms with Crippen molar-refractivity contribution < 1.29 is 17.9 Å². The van der Waals surface area contributed by atoms with E-state index < -0.39 is 15.9 Å². The predicted octanol–water partition coefficient (Wildman–Crippen LogP) is 4.22. The smallest absolute Gasteiger partial charge is 0.265 e. The number of rotatable bonds is 4. The number of nitrogens with zero attached hydrogens (tertiary/aromatic N) is 2. The number of fused-ring (bicyclic) bond motifs is 2. The van der Waals surface area contributed by atoms with Crippen molar-refractivity contribution in [1.82, 2.24) is 0 Å². The van der Waals surface area contributed by atoms with E-state index in [1.807, 2.05) is 36.4 Å². The van der Waals surface area contributed by atoms with Crippen LogP contribution < -0.4 is 14.8 Å². The van der Waals surface area contributed by atoms with E-state index >= 15 is 0 Å². The van der Waals surface area contributed by atoms with E-state index in [2.05, 4.69) is 6.07 Å². The number of allylic oxidation sites excluding steroid dienone is 2. The second kappa shape index (κ2) is 8.28. The molecule has 8 heteroatoms. The first-order valence-electron chi connectivity index (χ1n) is 10.6. The van der Waals surface area contributed by atoms with E-state index in [-0.39, 0.29) is 28.7 Å². The summed E-state index contributed by atoms with van der Waals surface area (Å²) in [6, 6.07) is 25.5. The summed E-state index contributed by atoms with van der Waals surface area (Å²) in [4.78, 5) is -0.0302. The first-order valence-corrected chi connectivity index (χ1v) is 12.0. The van der Waals surface area contributed by atoms with Gasteiger partial charge in [-0.05, 0) is 23.8 Å². The van der Waals surface area contributed by atoms with E-state index in [0.717, 1.165) is 5.56 Å². The lowest BCUT2D eigenvalue weighted by Crippen LogP contribution is -2.39. The third kappa shape index (κ3) is 3.29. The number of hydrogen-bond donors (Lipinski definition) is 1. The molecule has 0 fully saturated rings. The van der Waals surface area contributed by atoms with E-state index in [4.69, 9.17) is 15.2 Å². The van der Waals surface area contributed by atoms with Crippen molar-refractivity contribution in [1.29, 1.82) is 5.26 Å². The van der Waals surface area contributed by atoms with E-state index in [1.54, 1.807) is 42.5 Å². The zero-order valence-corrected chi connectivity index (χ0v) is 19.1. The molecule has 2 heterocycles. The fourth-order valence-electron chi connectivity index (χ4n) is 4.45. The maximum atomic E-state index is 14.2. The van der Waals surface area contributed by atoms with Gasteiger partial charge in [-0.25, -0.2) is 8.42 Å². The van der Waals surface area contributed by atoms with Gasteiger partial charge in [0, 0.05) is 11.1 Å². The van der Waals surface area contributed by atoms with Crippen LogP contribution in [-0.2, 0) is 21.3 Å². The number of ether oxygens (including phenoxy) is 2. The molecule has 3 aromatic rings. The molecule has 2 aliphatic heterocycles. The van der Waals surface area contributed by atoms with Gasteiger partial charge in [0.25, 0.3) is 10.0 Å². The molecule has 0 bridgehead atoms. The highest BCUT2D eigenvalue weighted by Crippen LogP contribution is 2.52. The molecule has 0 aromatic heterocycles. The molecule has 7 nitrogen and oxygen atoms in total. The average Bonchev–Trinajstić information content (AvgIpc) is 2.86. The van der Waals surface area contributed by atoms with Crippen LogP contribution in [0.15, 0.2) is 95.2 Å². The Hall–Kier alpha value is -4.22. The Morgan fingerprint density at radius 3 is 2.44 bits per heavy atom. The molecular formula is C26H21N3O4S. The van der Waals surface area contributed by atoms with Gasteiger partial charge in [-0.3, -0.25) is 4.31 Å². The van der Waals surface area contributed by atoms with Gasteiger partial charge < -0.3 is 15.2 Å². The summed E-state index contributed by atoms with van der Waals surface area (Å²) in [5, 5.41) is 9.97. The zero-order valence-electron chi connectivity index (χ0n) is 18.3. The molecule has 0 radical (unpaired) electrons. The van der Waals surface area contributed by atoms with Gasteiger partial charge in [0.05, 0.1) is 25.3 Å². The quantitative estimate of drug-likeness (QED) is 0.611. The lowest BCUT2D eigenvalue weighted by atomic mass is 9.87. The summed E-state index contributed by atoms with van der Waals surface area (Å²) in [7, 11) is -2.63. The second-order valence-electron chi connectivity index (χ2n) is 7.87. The van der Waals surface area contributed by atoms with Gasteiger partial charge >= 0.3 is 0 Å². The van der Waals surface area contributed by atoms with Crippen LogP contribution in [0.5, 0.6) is 5.75 Å². The predicted molar refractivity (Wildman–Crippen MR) is 129 cm³/mol. The number of hydrogen-bond acceptors (Lipinski definition) is 6. The molecule has 2 aliphatic rings. The molecular weight excluding hydrogens is 450 g/mol. The van der Waals surface area contributed by atoms with E-state index in [1.165, 1.54) is 11.4 Å². The lowest BCUT2D eigenvalue weighted by molar-refractivity contribution is 0.355. The molecule has 0 saturated heterocycles. The molecule has 0 saturated carbocycles. The molecule has 1 atom stereocenters.